The van der Waals surface area contributed by atoms with Gasteiger partial charge in [-0.3, -0.25) is 5.10 Å². The third-order valence-electron chi connectivity index (χ3n) is 4.02. The number of aromatic amines is 1. The molecule has 26 heavy (non-hydrogen) atoms. The molecule has 0 fully saturated rings. The van der Waals surface area contributed by atoms with E-state index in [0.717, 1.165) is 16.8 Å². The molecule has 7 heteroatoms. The number of amides is 2. The van der Waals surface area contributed by atoms with Gasteiger partial charge in [0.1, 0.15) is 5.69 Å². The molecular formula is C19H18Cl2N4O. The quantitative estimate of drug-likeness (QED) is 0.518. The van der Waals surface area contributed by atoms with E-state index in [1.807, 2.05) is 32.9 Å². The van der Waals surface area contributed by atoms with Gasteiger partial charge in [-0.15, -0.1) is 0 Å². The number of hydrogen-bond donors (Lipinski definition) is 3. The molecule has 0 aliphatic carbocycles. The fraction of sp³-hybridized carbons (Fsp3) is 0.158. The van der Waals surface area contributed by atoms with Crippen LogP contribution in [0.4, 0.5) is 16.2 Å². The zero-order valence-corrected chi connectivity index (χ0v) is 16.1. The maximum atomic E-state index is 12.5. The normalized spacial score (nSPS) is 10.7. The minimum Gasteiger partial charge on any atom is -0.306 e. The predicted octanol–water partition coefficient (Wildman–Crippen LogP) is 5.95. The summed E-state index contributed by atoms with van der Waals surface area (Å²) in [6, 6.07) is 10.7. The van der Waals surface area contributed by atoms with Crippen LogP contribution in [0.25, 0.3) is 11.3 Å². The molecule has 2 amide bonds. The molecule has 3 N–H and O–H groups in total. The number of aryl methyl sites for hydroxylation is 3. The van der Waals surface area contributed by atoms with Crippen LogP contribution < -0.4 is 10.6 Å². The molecule has 134 valence electrons. The highest BCUT2D eigenvalue weighted by Crippen LogP contribution is 2.32. The van der Waals surface area contributed by atoms with Crippen molar-refractivity contribution in [2.45, 2.75) is 20.8 Å². The molecule has 3 aromatic rings. The van der Waals surface area contributed by atoms with Crippen LogP contribution in [0.2, 0.25) is 10.0 Å². The van der Waals surface area contributed by atoms with Gasteiger partial charge >= 0.3 is 6.03 Å². The minimum atomic E-state index is -0.426. The number of halogens is 2. The van der Waals surface area contributed by atoms with Crippen molar-refractivity contribution in [3.05, 3.63) is 63.3 Å². The molecule has 5 nitrogen and oxygen atoms in total. The molecule has 3 rings (SSSR count). The maximum Gasteiger partial charge on any atom is 0.323 e. The minimum absolute atomic E-state index is 0.294. The van der Waals surface area contributed by atoms with Crippen LogP contribution in [-0.4, -0.2) is 16.2 Å². The van der Waals surface area contributed by atoms with Gasteiger partial charge in [-0.1, -0.05) is 53.0 Å². The lowest BCUT2D eigenvalue weighted by Gasteiger charge is -2.11. The number of benzene rings is 2. The van der Waals surface area contributed by atoms with Crippen molar-refractivity contribution in [1.29, 1.82) is 0 Å². The van der Waals surface area contributed by atoms with Crippen molar-refractivity contribution in [3.8, 4) is 11.3 Å². The molecule has 0 saturated heterocycles. The lowest BCUT2D eigenvalue weighted by Crippen LogP contribution is -2.20. The van der Waals surface area contributed by atoms with Gasteiger partial charge in [-0.25, -0.2) is 4.79 Å². The largest absolute Gasteiger partial charge is 0.323 e. The van der Waals surface area contributed by atoms with Crippen molar-refractivity contribution in [2.24, 2.45) is 0 Å². The van der Waals surface area contributed by atoms with Crippen LogP contribution >= 0.6 is 23.2 Å². The van der Waals surface area contributed by atoms with Gasteiger partial charge in [0.05, 0.1) is 27.1 Å². The summed E-state index contributed by atoms with van der Waals surface area (Å²) in [6.45, 7) is 5.90. The van der Waals surface area contributed by atoms with E-state index >= 15 is 0 Å². The highest BCUT2D eigenvalue weighted by Gasteiger charge is 2.17. The van der Waals surface area contributed by atoms with Gasteiger partial charge < -0.3 is 10.6 Å². The van der Waals surface area contributed by atoms with E-state index in [1.165, 1.54) is 5.56 Å². The highest BCUT2D eigenvalue weighted by atomic mass is 35.5. The number of nitrogens with zero attached hydrogens (tertiary/aromatic N) is 1. The second-order valence-electron chi connectivity index (χ2n) is 6.07. The van der Waals surface area contributed by atoms with Crippen molar-refractivity contribution in [2.75, 3.05) is 10.6 Å². The topological polar surface area (TPSA) is 69.8 Å². The van der Waals surface area contributed by atoms with Gasteiger partial charge in [0.25, 0.3) is 0 Å². The van der Waals surface area contributed by atoms with Crippen LogP contribution in [0.3, 0.4) is 0 Å². The molecule has 0 aliphatic heterocycles. The summed E-state index contributed by atoms with van der Waals surface area (Å²) in [5, 5.41) is 13.5. The fourth-order valence-electron chi connectivity index (χ4n) is 2.72. The number of anilines is 2. The summed E-state index contributed by atoms with van der Waals surface area (Å²) < 4.78 is 0. The Balaban J connectivity index is 1.87. The van der Waals surface area contributed by atoms with E-state index in [0.29, 0.717) is 27.1 Å². The van der Waals surface area contributed by atoms with Crippen LogP contribution in [0, 0.1) is 20.8 Å². The third kappa shape index (κ3) is 3.69. The molecule has 0 unspecified atom stereocenters. The van der Waals surface area contributed by atoms with Crippen LogP contribution in [0.15, 0.2) is 36.4 Å². The molecule has 0 radical (unpaired) electrons. The Kier molecular flexibility index (Phi) is 5.20. The Morgan fingerprint density at radius 2 is 1.85 bits per heavy atom. The van der Waals surface area contributed by atoms with E-state index < -0.39 is 6.03 Å². The van der Waals surface area contributed by atoms with Gasteiger partial charge in [-0.2, -0.15) is 5.10 Å². The summed E-state index contributed by atoms with van der Waals surface area (Å²) in [4.78, 5) is 12.5. The van der Waals surface area contributed by atoms with Crippen molar-refractivity contribution in [3.63, 3.8) is 0 Å². The first-order valence-corrected chi connectivity index (χ1v) is 8.77. The first kappa shape index (κ1) is 18.3. The van der Waals surface area contributed by atoms with E-state index in [-0.39, 0.29) is 0 Å². The summed E-state index contributed by atoms with van der Waals surface area (Å²) >= 11 is 12.1. The number of rotatable bonds is 3. The van der Waals surface area contributed by atoms with Gasteiger partial charge in [0.15, 0.2) is 0 Å². The average molecular weight is 389 g/mol. The summed E-state index contributed by atoms with van der Waals surface area (Å²) in [5.74, 6) is 0. The predicted molar refractivity (Wildman–Crippen MR) is 107 cm³/mol. The Morgan fingerprint density at radius 1 is 1.08 bits per heavy atom. The van der Waals surface area contributed by atoms with Crippen LogP contribution in [0.5, 0.6) is 0 Å². The Hall–Kier alpha value is -2.50. The van der Waals surface area contributed by atoms with Crippen LogP contribution in [-0.2, 0) is 0 Å². The number of H-pyrrole nitrogens is 1. The number of aromatic nitrogens is 2. The molecule has 1 aromatic heterocycles. The number of carbonyl (C=O) groups excluding carboxylic acids is 1. The number of carbonyl (C=O) groups is 1. The monoisotopic (exact) mass is 388 g/mol. The second kappa shape index (κ2) is 7.40. The molecule has 1 heterocycles. The molecular weight excluding hydrogens is 371 g/mol. The number of urea groups is 1. The SMILES string of the molecule is Cc1ccc(-c2n[nH]c(C)c2NC(=O)Nc2cccc(Cl)c2Cl)c(C)c1. The van der Waals surface area contributed by atoms with Crippen LogP contribution in [0.1, 0.15) is 16.8 Å². The summed E-state index contributed by atoms with van der Waals surface area (Å²) in [6.07, 6.45) is 0. The average Bonchev–Trinajstić information content (AvgIpc) is 2.93. The zero-order valence-electron chi connectivity index (χ0n) is 14.6. The van der Waals surface area contributed by atoms with Gasteiger partial charge in [-0.05, 0) is 38.5 Å². The molecule has 0 aliphatic rings. The Labute approximate surface area is 161 Å². The van der Waals surface area contributed by atoms with Crippen molar-refractivity contribution < 1.29 is 4.79 Å². The van der Waals surface area contributed by atoms with E-state index in [1.54, 1.807) is 18.2 Å². The smallest absolute Gasteiger partial charge is 0.306 e. The molecule has 0 saturated carbocycles. The molecule has 0 atom stereocenters. The van der Waals surface area contributed by atoms with Crippen molar-refractivity contribution in [1.82, 2.24) is 10.2 Å². The number of hydrogen-bond acceptors (Lipinski definition) is 2. The fourth-order valence-corrected chi connectivity index (χ4v) is 3.07. The molecule has 0 bridgehead atoms. The molecule has 0 spiro atoms. The van der Waals surface area contributed by atoms with Gasteiger partial charge in [0.2, 0.25) is 0 Å². The zero-order chi connectivity index (χ0) is 18.8. The lowest BCUT2D eigenvalue weighted by atomic mass is 10.0. The van der Waals surface area contributed by atoms with E-state index in [4.69, 9.17) is 23.2 Å². The Morgan fingerprint density at radius 3 is 2.58 bits per heavy atom. The summed E-state index contributed by atoms with van der Waals surface area (Å²) in [7, 11) is 0. The molecule has 2 aromatic carbocycles. The third-order valence-corrected chi connectivity index (χ3v) is 4.84. The maximum absolute atomic E-state index is 12.5. The van der Waals surface area contributed by atoms with Gasteiger partial charge in [0, 0.05) is 5.56 Å². The van der Waals surface area contributed by atoms with E-state index in [2.05, 4.69) is 26.9 Å². The second-order valence-corrected chi connectivity index (χ2v) is 6.86. The number of nitrogens with one attached hydrogen (secondary N) is 3. The first-order chi connectivity index (χ1) is 12.4. The lowest BCUT2D eigenvalue weighted by molar-refractivity contribution is 0.262. The standard InChI is InChI=1S/C19H18Cl2N4O/c1-10-7-8-13(11(2)9-10)18-17(12(3)24-25-18)23-19(26)22-15-6-4-5-14(20)16(15)21/h4-9H,1-3H3,(H,24,25)(H2,22,23,26). The Bertz CT molecular complexity index is 982. The summed E-state index contributed by atoms with van der Waals surface area (Å²) in [5.41, 5.74) is 5.70. The van der Waals surface area contributed by atoms with Crippen molar-refractivity contribution >= 4 is 40.6 Å². The van der Waals surface area contributed by atoms with E-state index in [9.17, 15) is 4.79 Å². The highest BCUT2D eigenvalue weighted by molar-refractivity contribution is 6.44. The first-order valence-electron chi connectivity index (χ1n) is 8.01.